The minimum atomic E-state index is 0.481. The van der Waals surface area contributed by atoms with Crippen LogP contribution in [-0.4, -0.2) is 18.1 Å². The minimum absolute atomic E-state index is 0.481. The predicted octanol–water partition coefficient (Wildman–Crippen LogP) is 3.63. The second-order valence-corrected chi connectivity index (χ2v) is 5.60. The summed E-state index contributed by atoms with van der Waals surface area (Å²) in [5, 5.41) is 5.70. The van der Waals surface area contributed by atoms with E-state index in [2.05, 4.69) is 37.2 Å². The van der Waals surface area contributed by atoms with Gasteiger partial charge in [0.1, 0.15) is 0 Å². The summed E-state index contributed by atoms with van der Waals surface area (Å²) in [5.74, 6) is 2.20. The molecule has 1 N–H and O–H groups in total. The number of nitrogens with one attached hydrogen (secondary N) is 1. The first-order chi connectivity index (χ1) is 7.25. The van der Waals surface area contributed by atoms with Gasteiger partial charge in [0.25, 0.3) is 0 Å². The van der Waals surface area contributed by atoms with E-state index in [1.165, 1.54) is 10.4 Å². The average Bonchev–Trinajstić information content (AvgIpc) is 2.64. The van der Waals surface area contributed by atoms with Crippen molar-refractivity contribution in [1.82, 2.24) is 5.32 Å². The van der Waals surface area contributed by atoms with Crippen molar-refractivity contribution in [2.75, 3.05) is 18.1 Å². The summed E-state index contributed by atoms with van der Waals surface area (Å²) in [6.07, 6.45) is 1.96. The van der Waals surface area contributed by atoms with Crippen LogP contribution in [0.5, 0.6) is 0 Å². The van der Waals surface area contributed by atoms with Crippen molar-refractivity contribution < 1.29 is 0 Å². The highest BCUT2D eigenvalue weighted by Crippen LogP contribution is 2.23. The average molecular weight is 241 g/mol. The zero-order valence-corrected chi connectivity index (χ0v) is 11.1. The number of aryl methyl sites for hydroxylation is 1. The molecule has 0 bridgehead atoms. The Morgan fingerprint density at radius 1 is 1.67 bits per heavy atom. The van der Waals surface area contributed by atoms with Crippen LogP contribution in [0.4, 0.5) is 0 Å². The van der Waals surface area contributed by atoms with Crippen LogP contribution in [0, 0.1) is 6.92 Å². The molecule has 1 aromatic heterocycles. The van der Waals surface area contributed by atoms with Crippen LogP contribution < -0.4 is 5.32 Å². The third kappa shape index (κ3) is 4.41. The normalized spacial score (nSPS) is 12.7. The molecule has 0 aromatic carbocycles. The van der Waals surface area contributed by atoms with Crippen LogP contribution in [0.3, 0.4) is 0 Å². The van der Waals surface area contributed by atoms with E-state index in [4.69, 9.17) is 0 Å². The summed E-state index contributed by atoms with van der Waals surface area (Å²) in [5.41, 5.74) is 1.40. The molecule has 1 rings (SSSR count). The van der Waals surface area contributed by atoms with Gasteiger partial charge >= 0.3 is 0 Å². The molecule has 3 heteroatoms. The fourth-order valence-corrected chi connectivity index (χ4v) is 2.99. The van der Waals surface area contributed by atoms with Crippen molar-refractivity contribution in [2.24, 2.45) is 0 Å². The Kier molecular flexibility index (Phi) is 6.06. The Bertz CT molecular complexity index is 294. The van der Waals surface area contributed by atoms with Gasteiger partial charge in [-0.05, 0) is 30.9 Å². The molecule has 15 heavy (non-hydrogen) atoms. The standard InChI is InChI=1S/C12H19NS2/c1-4-7-14-9-6-13-11(3)12-10(2)5-8-15-12/h4-5,8,11,13H,1,6-7,9H2,2-3H3. The zero-order valence-electron chi connectivity index (χ0n) is 9.45. The smallest absolute Gasteiger partial charge is 0.0389 e. The van der Waals surface area contributed by atoms with E-state index in [0.717, 1.165) is 18.1 Å². The van der Waals surface area contributed by atoms with Gasteiger partial charge < -0.3 is 5.32 Å². The number of rotatable bonds is 7. The lowest BCUT2D eigenvalue weighted by Crippen LogP contribution is -2.21. The molecule has 0 saturated carbocycles. The number of hydrogen-bond acceptors (Lipinski definition) is 3. The molecule has 1 nitrogen and oxygen atoms in total. The van der Waals surface area contributed by atoms with Crippen molar-refractivity contribution in [3.05, 3.63) is 34.5 Å². The fraction of sp³-hybridized carbons (Fsp3) is 0.500. The lowest BCUT2D eigenvalue weighted by atomic mass is 10.2. The highest BCUT2D eigenvalue weighted by Gasteiger charge is 2.08. The van der Waals surface area contributed by atoms with E-state index in [-0.39, 0.29) is 0 Å². The summed E-state index contributed by atoms with van der Waals surface area (Å²) < 4.78 is 0. The Balaban J connectivity index is 2.22. The molecule has 0 amide bonds. The lowest BCUT2D eigenvalue weighted by Gasteiger charge is -2.12. The molecule has 0 aliphatic carbocycles. The molecule has 1 heterocycles. The maximum atomic E-state index is 3.71. The SMILES string of the molecule is C=CCSCCNC(C)c1sccc1C. The van der Waals surface area contributed by atoms with Crippen LogP contribution in [0.1, 0.15) is 23.4 Å². The van der Waals surface area contributed by atoms with Gasteiger partial charge in [-0.3, -0.25) is 0 Å². The van der Waals surface area contributed by atoms with Gasteiger partial charge in [0, 0.05) is 29.0 Å². The highest BCUT2D eigenvalue weighted by molar-refractivity contribution is 7.99. The van der Waals surface area contributed by atoms with Gasteiger partial charge in [0.2, 0.25) is 0 Å². The van der Waals surface area contributed by atoms with Gasteiger partial charge in [0.15, 0.2) is 0 Å². The van der Waals surface area contributed by atoms with Crippen LogP contribution in [-0.2, 0) is 0 Å². The van der Waals surface area contributed by atoms with Crippen LogP contribution in [0.15, 0.2) is 24.1 Å². The second-order valence-electron chi connectivity index (χ2n) is 3.51. The van der Waals surface area contributed by atoms with Crippen LogP contribution in [0.2, 0.25) is 0 Å². The summed E-state index contributed by atoms with van der Waals surface area (Å²) in [7, 11) is 0. The summed E-state index contributed by atoms with van der Waals surface area (Å²) in [4.78, 5) is 1.46. The first kappa shape index (κ1) is 12.8. The van der Waals surface area contributed by atoms with Crippen molar-refractivity contribution >= 4 is 23.1 Å². The molecule has 0 aliphatic rings. The molecular weight excluding hydrogens is 222 g/mol. The van der Waals surface area contributed by atoms with Gasteiger partial charge in [-0.25, -0.2) is 0 Å². The molecule has 84 valence electrons. The molecule has 1 atom stereocenters. The maximum absolute atomic E-state index is 3.71. The Morgan fingerprint density at radius 2 is 2.47 bits per heavy atom. The van der Waals surface area contributed by atoms with Gasteiger partial charge in [0.05, 0.1) is 0 Å². The highest BCUT2D eigenvalue weighted by atomic mass is 32.2. The van der Waals surface area contributed by atoms with Gasteiger partial charge in [-0.15, -0.1) is 17.9 Å². The summed E-state index contributed by atoms with van der Waals surface area (Å²) in [6, 6.07) is 2.67. The maximum Gasteiger partial charge on any atom is 0.0389 e. The Labute approximate surface area is 101 Å². The molecular formula is C12H19NS2. The summed E-state index contributed by atoms with van der Waals surface area (Å²) in [6.45, 7) is 9.18. The molecule has 1 aromatic rings. The number of thioether (sulfide) groups is 1. The van der Waals surface area contributed by atoms with E-state index >= 15 is 0 Å². The monoisotopic (exact) mass is 241 g/mol. The fourth-order valence-electron chi connectivity index (χ4n) is 1.44. The quantitative estimate of drug-likeness (QED) is 0.578. The van der Waals surface area contributed by atoms with Crippen molar-refractivity contribution in [3.63, 3.8) is 0 Å². The Hall–Kier alpha value is -0.250. The second kappa shape index (κ2) is 7.09. The van der Waals surface area contributed by atoms with Crippen molar-refractivity contribution in [3.8, 4) is 0 Å². The third-order valence-corrected chi connectivity index (χ3v) is 4.39. The van der Waals surface area contributed by atoms with E-state index in [1.807, 2.05) is 29.2 Å². The third-order valence-electron chi connectivity index (χ3n) is 2.23. The van der Waals surface area contributed by atoms with Gasteiger partial charge in [-0.1, -0.05) is 6.08 Å². The Morgan fingerprint density at radius 3 is 3.07 bits per heavy atom. The number of thiophene rings is 1. The minimum Gasteiger partial charge on any atom is -0.309 e. The first-order valence-electron chi connectivity index (χ1n) is 5.21. The van der Waals surface area contributed by atoms with E-state index in [0.29, 0.717) is 6.04 Å². The van der Waals surface area contributed by atoms with Crippen LogP contribution in [0.25, 0.3) is 0 Å². The van der Waals surface area contributed by atoms with Crippen LogP contribution >= 0.6 is 23.1 Å². The van der Waals surface area contributed by atoms with Gasteiger partial charge in [-0.2, -0.15) is 11.8 Å². The molecule has 0 radical (unpaired) electrons. The van der Waals surface area contributed by atoms with E-state index < -0.39 is 0 Å². The zero-order chi connectivity index (χ0) is 11.1. The predicted molar refractivity (Wildman–Crippen MR) is 73.0 cm³/mol. The molecule has 1 unspecified atom stereocenters. The molecule has 0 saturated heterocycles. The van der Waals surface area contributed by atoms with E-state index in [9.17, 15) is 0 Å². The largest absolute Gasteiger partial charge is 0.309 e. The lowest BCUT2D eigenvalue weighted by molar-refractivity contribution is 0.608. The first-order valence-corrected chi connectivity index (χ1v) is 7.25. The molecule has 0 spiro atoms. The summed E-state index contributed by atoms with van der Waals surface area (Å²) >= 11 is 3.76. The van der Waals surface area contributed by atoms with E-state index in [1.54, 1.807) is 0 Å². The topological polar surface area (TPSA) is 12.0 Å². The van der Waals surface area contributed by atoms with Crippen molar-refractivity contribution in [1.29, 1.82) is 0 Å². The van der Waals surface area contributed by atoms with Crippen molar-refractivity contribution in [2.45, 2.75) is 19.9 Å². The molecule has 0 fully saturated rings. The number of hydrogen-bond donors (Lipinski definition) is 1. The molecule has 0 aliphatic heterocycles.